The lowest BCUT2D eigenvalue weighted by molar-refractivity contribution is -0.307. The maximum absolute atomic E-state index is 9.35. The van der Waals surface area contributed by atoms with Gasteiger partial charge in [-0.3, -0.25) is 4.79 Å². The number of carbonyl (C=O) groups excluding carboxylic acids is 1. The standard InChI is InChI=1S/CH4NO4P/c2-1(3)7(4,5)6/h(H2,2,3)(H2,4,5,6)/p-2. The molecule has 0 atom stereocenters. The molecule has 7 heavy (non-hydrogen) atoms. The summed E-state index contributed by atoms with van der Waals surface area (Å²) in [6.07, 6.45) is 0. The van der Waals surface area contributed by atoms with Crippen molar-refractivity contribution in [1.29, 1.82) is 0 Å². The highest BCUT2D eigenvalue weighted by atomic mass is 31.2. The second kappa shape index (κ2) is 1.61. The molecule has 0 aliphatic carbocycles. The third-order valence-corrected chi connectivity index (χ3v) is 0.810. The number of hydrogen-bond donors (Lipinski definition) is 1. The SMILES string of the molecule is NC(=O)P(=O)([O-])[O-]. The summed E-state index contributed by atoms with van der Waals surface area (Å²) in [5.74, 6) is 0. The predicted molar refractivity (Wildman–Crippen MR) is 17.2 cm³/mol. The van der Waals surface area contributed by atoms with Crippen LogP contribution in [0.3, 0.4) is 0 Å². The Bertz CT molecular complexity index is 124. The maximum Gasteiger partial charge on any atom is 0.246 e. The van der Waals surface area contributed by atoms with Crippen molar-refractivity contribution in [2.45, 2.75) is 0 Å². The Morgan fingerprint density at radius 2 is 1.71 bits per heavy atom. The van der Waals surface area contributed by atoms with Crippen LogP contribution in [-0.2, 0) is 4.57 Å². The van der Waals surface area contributed by atoms with Crippen LogP contribution >= 0.6 is 7.60 Å². The van der Waals surface area contributed by atoms with Crippen molar-refractivity contribution >= 4 is 13.2 Å². The Morgan fingerprint density at radius 1 is 1.57 bits per heavy atom. The molecule has 0 heterocycles. The second-order valence-electron chi connectivity index (χ2n) is 0.836. The minimum absolute atomic E-state index is 1.81. The highest BCUT2D eigenvalue weighted by Crippen LogP contribution is 2.20. The summed E-state index contributed by atoms with van der Waals surface area (Å²) < 4.78 is 9.33. The Balaban J connectivity index is 4.09. The minimum Gasteiger partial charge on any atom is -0.804 e. The third kappa shape index (κ3) is 2.33. The van der Waals surface area contributed by atoms with Gasteiger partial charge in [-0.25, -0.2) is 0 Å². The quantitative estimate of drug-likeness (QED) is 0.406. The molecule has 5 nitrogen and oxygen atoms in total. The minimum atomic E-state index is -5.10. The first-order valence-electron chi connectivity index (χ1n) is 1.26. The van der Waals surface area contributed by atoms with Crippen LogP contribution in [0.2, 0.25) is 0 Å². The molecule has 42 valence electrons. The van der Waals surface area contributed by atoms with E-state index in [1.807, 2.05) is 0 Å². The van der Waals surface area contributed by atoms with E-state index in [1.165, 1.54) is 0 Å². The number of nitrogens with two attached hydrogens (primary N) is 1. The molecule has 0 fully saturated rings. The smallest absolute Gasteiger partial charge is 0.246 e. The van der Waals surface area contributed by atoms with E-state index in [0.717, 1.165) is 0 Å². The molecule has 0 aliphatic rings. The van der Waals surface area contributed by atoms with Gasteiger partial charge in [-0.1, -0.05) is 0 Å². The highest BCUT2D eigenvalue weighted by molar-refractivity contribution is 7.67. The molecule has 0 radical (unpaired) electrons. The van der Waals surface area contributed by atoms with Crippen molar-refractivity contribution in [2.75, 3.05) is 0 Å². The highest BCUT2D eigenvalue weighted by Gasteiger charge is 1.94. The topological polar surface area (TPSA) is 106 Å². The Morgan fingerprint density at radius 3 is 1.71 bits per heavy atom. The zero-order chi connectivity index (χ0) is 6.08. The monoisotopic (exact) mass is 123 g/mol. The Kier molecular flexibility index (Phi) is 1.53. The summed E-state index contributed by atoms with van der Waals surface area (Å²) in [6.45, 7) is 0. The number of rotatable bonds is 1. The van der Waals surface area contributed by atoms with Crippen LogP contribution in [0.1, 0.15) is 0 Å². The fourth-order valence-corrected chi connectivity index (χ4v) is 0. The summed E-state index contributed by atoms with van der Waals surface area (Å²) in [7, 11) is -5.10. The van der Waals surface area contributed by atoms with Gasteiger partial charge >= 0.3 is 0 Å². The average Bonchev–Trinajstić information content (AvgIpc) is 1.31. The molecule has 0 saturated carbocycles. The molecule has 0 spiro atoms. The summed E-state index contributed by atoms with van der Waals surface area (Å²) in [6, 6.07) is 0. The number of carbonyl (C=O) groups is 1. The van der Waals surface area contributed by atoms with E-state index in [-0.39, 0.29) is 0 Å². The molecule has 0 unspecified atom stereocenters. The van der Waals surface area contributed by atoms with Gasteiger partial charge in [-0.05, 0) is 0 Å². The van der Waals surface area contributed by atoms with Gasteiger partial charge in [0, 0.05) is 7.60 Å². The largest absolute Gasteiger partial charge is 0.804 e. The molecule has 2 N–H and O–H groups in total. The van der Waals surface area contributed by atoms with Crippen molar-refractivity contribution in [1.82, 2.24) is 0 Å². The molecule has 0 aromatic carbocycles. The van der Waals surface area contributed by atoms with Crippen molar-refractivity contribution in [3.05, 3.63) is 0 Å². The van der Waals surface area contributed by atoms with Crippen molar-refractivity contribution in [3.8, 4) is 0 Å². The fraction of sp³-hybridized carbons (Fsp3) is 0. The van der Waals surface area contributed by atoms with Crippen LogP contribution in [0.25, 0.3) is 0 Å². The third-order valence-electron chi connectivity index (χ3n) is 0.270. The van der Waals surface area contributed by atoms with Crippen LogP contribution in [0, 0.1) is 0 Å². The van der Waals surface area contributed by atoms with Crippen molar-refractivity contribution in [3.63, 3.8) is 0 Å². The van der Waals surface area contributed by atoms with Crippen molar-refractivity contribution in [2.24, 2.45) is 5.73 Å². The molecular weight excluding hydrogens is 121 g/mol. The number of primary amides is 1. The second-order valence-corrected chi connectivity index (χ2v) is 2.27. The molecule has 1 amide bonds. The van der Waals surface area contributed by atoms with Gasteiger partial charge in [0.05, 0.1) is 0 Å². The lowest BCUT2D eigenvalue weighted by Gasteiger charge is -2.23. The van der Waals surface area contributed by atoms with Gasteiger partial charge in [-0.2, -0.15) is 0 Å². The normalized spacial score (nSPS) is 11.1. The van der Waals surface area contributed by atoms with Gasteiger partial charge in [0.25, 0.3) is 0 Å². The molecule has 0 rings (SSSR count). The molecule has 0 saturated heterocycles. The van der Waals surface area contributed by atoms with E-state index in [4.69, 9.17) is 0 Å². The van der Waals surface area contributed by atoms with Gasteiger partial charge in [-0.15, -0.1) is 0 Å². The van der Waals surface area contributed by atoms with Crippen LogP contribution < -0.4 is 15.5 Å². The van der Waals surface area contributed by atoms with Gasteiger partial charge in [0.1, 0.15) is 0 Å². The zero-order valence-corrected chi connectivity index (χ0v) is 4.05. The fourth-order valence-electron chi connectivity index (χ4n) is 0. The van der Waals surface area contributed by atoms with E-state index >= 15 is 0 Å². The molecule has 0 aliphatic heterocycles. The molecule has 6 heteroatoms. The Labute approximate surface area is 39.3 Å². The van der Waals surface area contributed by atoms with Crippen molar-refractivity contribution < 1.29 is 19.1 Å². The Hall–Kier alpha value is -0.380. The van der Waals surface area contributed by atoms with E-state index in [9.17, 15) is 19.1 Å². The summed E-state index contributed by atoms with van der Waals surface area (Å²) in [5.41, 5.74) is 2.23. The number of hydrogen-bond acceptors (Lipinski definition) is 4. The first-order chi connectivity index (χ1) is 2.94. The summed E-state index contributed by atoms with van der Waals surface area (Å²) in [5, 5.41) is 0. The van der Waals surface area contributed by atoms with E-state index < -0.39 is 13.2 Å². The average molecular weight is 123 g/mol. The molecule has 0 bridgehead atoms. The summed E-state index contributed by atoms with van der Waals surface area (Å²) in [4.78, 5) is 28.0. The van der Waals surface area contributed by atoms with E-state index in [0.29, 0.717) is 0 Å². The first-order valence-corrected chi connectivity index (χ1v) is 2.81. The van der Waals surface area contributed by atoms with Crippen LogP contribution in [0.5, 0.6) is 0 Å². The first kappa shape index (κ1) is 6.62. The maximum atomic E-state index is 9.35. The number of amides is 1. The van der Waals surface area contributed by atoms with Crippen LogP contribution in [-0.4, -0.2) is 5.65 Å². The molecule has 0 aromatic heterocycles. The van der Waals surface area contributed by atoms with Gasteiger partial charge < -0.3 is 20.1 Å². The zero-order valence-electron chi connectivity index (χ0n) is 3.16. The summed E-state index contributed by atoms with van der Waals surface area (Å²) >= 11 is 0. The van der Waals surface area contributed by atoms with E-state index in [2.05, 4.69) is 5.73 Å². The van der Waals surface area contributed by atoms with E-state index in [1.54, 1.807) is 0 Å². The lowest BCUT2D eigenvalue weighted by atomic mass is 11.5. The van der Waals surface area contributed by atoms with Crippen LogP contribution in [0.15, 0.2) is 0 Å². The van der Waals surface area contributed by atoms with Gasteiger partial charge in [0.2, 0.25) is 5.65 Å². The predicted octanol–water partition coefficient (Wildman–Crippen LogP) is -2.02. The lowest BCUT2D eigenvalue weighted by Crippen LogP contribution is -2.26. The molecular formula is CH2NO4P-2. The molecule has 0 aromatic rings. The van der Waals surface area contributed by atoms with Gasteiger partial charge in [0.15, 0.2) is 0 Å². The van der Waals surface area contributed by atoms with Crippen LogP contribution in [0.4, 0.5) is 4.79 Å².